The highest BCUT2D eigenvalue weighted by molar-refractivity contribution is 5.83. The molecule has 1 aromatic rings. The Balaban J connectivity index is 1.57. The molecule has 3 saturated heterocycles. The van der Waals surface area contributed by atoms with E-state index in [9.17, 15) is 9.90 Å². The first kappa shape index (κ1) is 10.6. The molecule has 0 aromatic heterocycles. The number of rotatable bonds is 3. The molecule has 3 aliphatic heterocycles. The summed E-state index contributed by atoms with van der Waals surface area (Å²) in [6.45, 7) is 1.47. The Morgan fingerprint density at radius 1 is 1.35 bits per heavy atom. The average molecular weight is 233 g/mol. The Bertz CT molecular complexity index is 423. The summed E-state index contributed by atoms with van der Waals surface area (Å²) in [6.07, 6.45) is 1.81. The number of phenols is 1. The molecule has 3 heterocycles. The zero-order valence-electron chi connectivity index (χ0n) is 9.50. The highest BCUT2D eigenvalue weighted by Gasteiger charge is 2.44. The Labute approximate surface area is 99.8 Å². The van der Waals surface area contributed by atoms with E-state index in [0.717, 1.165) is 31.5 Å². The minimum Gasteiger partial charge on any atom is -0.508 e. The van der Waals surface area contributed by atoms with Crippen molar-refractivity contribution in [3.8, 4) is 5.75 Å². The first-order chi connectivity index (χ1) is 8.22. The molecule has 4 nitrogen and oxygen atoms in total. The number of amides is 1. The van der Waals surface area contributed by atoms with Crippen LogP contribution in [0.5, 0.6) is 5.75 Å². The molecule has 0 radical (unpaired) electrons. The second kappa shape index (κ2) is 4.04. The van der Waals surface area contributed by atoms with E-state index in [0.29, 0.717) is 0 Å². The van der Waals surface area contributed by atoms with E-state index in [-0.39, 0.29) is 23.9 Å². The van der Waals surface area contributed by atoms with Crippen molar-refractivity contribution in [1.29, 1.82) is 0 Å². The molecule has 2 bridgehead atoms. The van der Waals surface area contributed by atoms with Crippen molar-refractivity contribution >= 4 is 5.91 Å². The van der Waals surface area contributed by atoms with Crippen LogP contribution in [0.2, 0.25) is 0 Å². The lowest BCUT2D eigenvalue weighted by atomic mass is 9.97. The predicted octanol–water partition coefficient (Wildman–Crippen LogP) is 0.934. The van der Waals surface area contributed by atoms with Crippen LogP contribution in [0, 0.1) is 0 Å². The minimum absolute atomic E-state index is 0.131. The largest absolute Gasteiger partial charge is 0.508 e. The number of piperidine rings is 1. The van der Waals surface area contributed by atoms with Gasteiger partial charge in [0.05, 0.1) is 6.10 Å². The van der Waals surface area contributed by atoms with Gasteiger partial charge in [0.1, 0.15) is 11.9 Å². The Kier molecular flexibility index (Phi) is 2.52. The maximum Gasteiger partial charge on any atom is 0.251 e. The fourth-order valence-corrected chi connectivity index (χ4v) is 2.40. The van der Waals surface area contributed by atoms with Gasteiger partial charge in [0, 0.05) is 19.5 Å². The Hall–Kier alpha value is -1.55. The maximum absolute atomic E-state index is 11.8. The third-order valence-electron chi connectivity index (χ3n) is 3.45. The molecule has 1 amide bonds. The molecule has 3 aliphatic rings. The molecular formula is C13H15NO3. The number of fused-ring (bicyclic) bond motifs is 2. The van der Waals surface area contributed by atoms with Gasteiger partial charge < -0.3 is 14.7 Å². The molecule has 2 unspecified atom stereocenters. The van der Waals surface area contributed by atoms with Gasteiger partial charge in [-0.05, 0) is 24.1 Å². The molecule has 0 spiro atoms. The van der Waals surface area contributed by atoms with Crippen LogP contribution in [0.15, 0.2) is 24.3 Å². The van der Waals surface area contributed by atoms with Crippen LogP contribution in [-0.4, -0.2) is 41.2 Å². The number of carbonyl (C=O) groups is 1. The predicted molar refractivity (Wildman–Crippen MR) is 61.7 cm³/mol. The van der Waals surface area contributed by atoms with Crippen molar-refractivity contribution in [2.75, 3.05) is 13.1 Å². The number of hydrogen-bond donors (Lipinski definition) is 1. The average Bonchev–Trinajstić information content (AvgIpc) is 2.28. The number of hydrogen-bond acceptors (Lipinski definition) is 3. The third-order valence-corrected chi connectivity index (χ3v) is 3.45. The highest BCUT2D eigenvalue weighted by Crippen LogP contribution is 2.29. The van der Waals surface area contributed by atoms with E-state index in [2.05, 4.69) is 0 Å². The molecule has 0 aliphatic carbocycles. The van der Waals surface area contributed by atoms with Crippen LogP contribution in [0.1, 0.15) is 12.0 Å². The summed E-state index contributed by atoms with van der Waals surface area (Å²) in [7, 11) is 0. The fraction of sp³-hybridized carbons (Fsp3) is 0.462. The molecule has 1 N–H and O–H groups in total. The number of ether oxygens (including phenoxy) is 1. The summed E-state index contributed by atoms with van der Waals surface area (Å²) in [4.78, 5) is 13.7. The van der Waals surface area contributed by atoms with E-state index in [1.54, 1.807) is 12.1 Å². The van der Waals surface area contributed by atoms with Gasteiger partial charge >= 0.3 is 0 Å². The molecular weight excluding hydrogens is 218 g/mol. The van der Waals surface area contributed by atoms with Gasteiger partial charge in [-0.2, -0.15) is 0 Å². The molecule has 4 heteroatoms. The van der Waals surface area contributed by atoms with Crippen LogP contribution in [0.4, 0.5) is 0 Å². The van der Waals surface area contributed by atoms with Crippen LogP contribution < -0.4 is 0 Å². The number of aromatic hydroxyl groups is 1. The maximum atomic E-state index is 11.8. The quantitative estimate of drug-likeness (QED) is 0.845. The lowest BCUT2D eigenvalue weighted by molar-refractivity contribution is -0.197. The number of benzene rings is 1. The van der Waals surface area contributed by atoms with Crippen LogP contribution in [0.25, 0.3) is 0 Å². The molecule has 3 fully saturated rings. The SMILES string of the molecule is O=C1C2CC(CN1CCc1ccc(O)cc1)O2. The van der Waals surface area contributed by atoms with Crippen molar-refractivity contribution in [3.05, 3.63) is 29.8 Å². The molecule has 4 rings (SSSR count). The Morgan fingerprint density at radius 2 is 2.06 bits per heavy atom. The van der Waals surface area contributed by atoms with Gasteiger partial charge in [-0.1, -0.05) is 12.1 Å². The topological polar surface area (TPSA) is 49.8 Å². The zero-order valence-corrected chi connectivity index (χ0v) is 9.50. The molecule has 17 heavy (non-hydrogen) atoms. The van der Waals surface area contributed by atoms with E-state index in [1.807, 2.05) is 17.0 Å². The van der Waals surface area contributed by atoms with Crippen LogP contribution in [0.3, 0.4) is 0 Å². The standard InChI is InChI=1S/C13H15NO3/c15-10-3-1-9(2-4-10)5-6-14-8-11-7-12(17-11)13(14)16/h1-4,11-12,15H,5-8H2. The van der Waals surface area contributed by atoms with E-state index in [4.69, 9.17) is 4.74 Å². The summed E-state index contributed by atoms with van der Waals surface area (Å²) >= 11 is 0. The highest BCUT2D eigenvalue weighted by atomic mass is 16.5. The second-order valence-corrected chi connectivity index (χ2v) is 4.68. The third kappa shape index (κ3) is 2.00. The molecule has 2 atom stereocenters. The normalized spacial score (nSPS) is 26.8. The zero-order chi connectivity index (χ0) is 11.8. The van der Waals surface area contributed by atoms with Crippen molar-refractivity contribution in [1.82, 2.24) is 4.90 Å². The summed E-state index contributed by atoms with van der Waals surface area (Å²) < 4.78 is 5.36. The van der Waals surface area contributed by atoms with Gasteiger partial charge in [-0.3, -0.25) is 4.79 Å². The van der Waals surface area contributed by atoms with Crippen molar-refractivity contribution in [2.24, 2.45) is 0 Å². The van der Waals surface area contributed by atoms with Gasteiger partial charge in [-0.25, -0.2) is 0 Å². The molecule has 1 aromatic carbocycles. The van der Waals surface area contributed by atoms with Gasteiger partial charge in [0.2, 0.25) is 0 Å². The second-order valence-electron chi connectivity index (χ2n) is 4.68. The molecule has 90 valence electrons. The number of phenolic OH excluding ortho intramolecular Hbond substituents is 1. The number of nitrogens with zero attached hydrogens (tertiary/aromatic N) is 1. The summed E-state index contributed by atoms with van der Waals surface area (Å²) in [5.74, 6) is 0.406. The van der Waals surface area contributed by atoms with Gasteiger partial charge in [0.25, 0.3) is 5.91 Å². The number of morpholine rings is 1. The smallest absolute Gasteiger partial charge is 0.251 e. The van der Waals surface area contributed by atoms with E-state index in [1.165, 1.54) is 0 Å². The lowest BCUT2D eigenvalue weighted by Gasteiger charge is -2.46. The van der Waals surface area contributed by atoms with E-state index < -0.39 is 0 Å². The van der Waals surface area contributed by atoms with Crippen LogP contribution in [-0.2, 0) is 16.0 Å². The van der Waals surface area contributed by atoms with Crippen LogP contribution >= 0.6 is 0 Å². The van der Waals surface area contributed by atoms with E-state index >= 15 is 0 Å². The first-order valence-electron chi connectivity index (χ1n) is 5.94. The minimum atomic E-state index is -0.173. The summed E-state index contributed by atoms with van der Waals surface area (Å²) in [5.41, 5.74) is 1.13. The van der Waals surface area contributed by atoms with Gasteiger partial charge in [0.15, 0.2) is 0 Å². The van der Waals surface area contributed by atoms with Gasteiger partial charge in [-0.15, -0.1) is 0 Å². The Morgan fingerprint density at radius 3 is 2.71 bits per heavy atom. The van der Waals surface area contributed by atoms with Crippen molar-refractivity contribution < 1.29 is 14.6 Å². The summed E-state index contributed by atoms with van der Waals surface area (Å²) in [6, 6.07) is 7.13. The van der Waals surface area contributed by atoms with Crippen molar-refractivity contribution in [3.63, 3.8) is 0 Å². The monoisotopic (exact) mass is 233 g/mol. The first-order valence-corrected chi connectivity index (χ1v) is 5.94. The lowest BCUT2D eigenvalue weighted by Crippen LogP contribution is -2.61. The van der Waals surface area contributed by atoms with Crippen molar-refractivity contribution in [2.45, 2.75) is 25.0 Å². The summed E-state index contributed by atoms with van der Waals surface area (Å²) in [5, 5.41) is 9.18. The number of carbonyl (C=O) groups excluding carboxylic acids is 1. The fourth-order valence-electron chi connectivity index (χ4n) is 2.40. The molecule has 0 saturated carbocycles.